The van der Waals surface area contributed by atoms with E-state index in [1.165, 1.54) is 12.1 Å². The highest BCUT2D eigenvalue weighted by Gasteiger charge is 2.13. The van der Waals surface area contributed by atoms with Crippen molar-refractivity contribution in [3.05, 3.63) is 22.7 Å². The summed E-state index contributed by atoms with van der Waals surface area (Å²) in [6, 6.07) is 4.38. The van der Waals surface area contributed by atoms with Gasteiger partial charge >= 0.3 is 0 Å². The Morgan fingerprint density at radius 2 is 2.20 bits per heavy atom. The summed E-state index contributed by atoms with van der Waals surface area (Å²) < 4.78 is 26.0. The number of nitrogen functional groups attached to an aromatic ring is 1. The van der Waals surface area contributed by atoms with Gasteiger partial charge in [-0.2, -0.15) is 4.72 Å². The van der Waals surface area contributed by atoms with Crippen molar-refractivity contribution >= 4 is 31.6 Å². The molecule has 1 rings (SSSR count). The second-order valence-corrected chi connectivity index (χ2v) is 5.33. The molecule has 0 atom stereocenters. The van der Waals surface area contributed by atoms with Crippen molar-refractivity contribution in [3.63, 3.8) is 0 Å². The largest absolute Gasteiger partial charge is 0.398 e. The molecule has 0 aliphatic rings. The third-order valence-corrected chi connectivity index (χ3v) is 3.76. The Morgan fingerprint density at radius 3 is 2.73 bits per heavy atom. The molecule has 0 radical (unpaired) electrons. The van der Waals surface area contributed by atoms with E-state index in [9.17, 15) is 8.42 Å². The fraction of sp³-hybridized carbons (Fsp3) is 0.111. The lowest BCUT2D eigenvalue weighted by atomic mass is 10.3. The van der Waals surface area contributed by atoms with E-state index < -0.39 is 10.0 Å². The first-order chi connectivity index (χ1) is 6.97. The van der Waals surface area contributed by atoms with Crippen LogP contribution in [0.5, 0.6) is 0 Å². The highest BCUT2D eigenvalue weighted by molar-refractivity contribution is 9.10. The smallest absolute Gasteiger partial charge is 0.241 e. The molecular formula is C9H9BrN2O2S. The van der Waals surface area contributed by atoms with Gasteiger partial charge in [0.1, 0.15) is 0 Å². The molecule has 0 aliphatic carbocycles. The molecule has 0 aromatic heterocycles. The monoisotopic (exact) mass is 288 g/mol. The molecule has 0 unspecified atom stereocenters. The van der Waals surface area contributed by atoms with E-state index in [0.29, 0.717) is 10.2 Å². The van der Waals surface area contributed by atoms with Crippen LogP contribution >= 0.6 is 15.9 Å². The summed E-state index contributed by atoms with van der Waals surface area (Å²) in [5.41, 5.74) is 5.93. The number of hydrogen-bond donors (Lipinski definition) is 2. The Labute approximate surface area is 97.0 Å². The van der Waals surface area contributed by atoms with Gasteiger partial charge in [-0.15, -0.1) is 6.42 Å². The van der Waals surface area contributed by atoms with Crippen LogP contribution in [0.4, 0.5) is 5.69 Å². The minimum Gasteiger partial charge on any atom is -0.398 e. The predicted octanol–water partition coefficient (Wildman–Crippen LogP) is 0.943. The van der Waals surface area contributed by atoms with Crippen LogP contribution in [0.3, 0.4) is 0 Å². The van der Waals surface area contributed by atoms with Gasteiger partial charge in [-0.25, -0.2) is 8.42 Å². The fourth-order valence-corrected chi connectivity index (χ4v) is 2.12. The quantitative estimate of drug-likeness (QED) is 0.642. The number of nitrogens with two attached hydrogens (primary N) is 1. The van der Waals surface area contributed by atoms with Crippen LogP contribution < -0.4 is 10.5 Å². The Bertz CT molecular complexity index is 505. The van der Waals surface area contributed by atoms with E-state index in [2.05, 4.69) is 26.6 Å². The van der Waals surface area contributed by atoms with Crippen LogP contribution in [0.1, 0.15) is 0 Å². The molecule has 6 heteroatoms. The van der Waals surface area contributed by atoms with Crippen molar-refractivity contribution in [1.82, 2.24) is 4.72 Å². The predicted molar refractivity (Wildman–Crippen MR) is 62.6 cm³/mol. The molecule has 0 fully saturated rings. The van der Waals surface area contributed by atoms with Crippen LogP contribution in [0.15, 0.2) is 27.6 Å². The first kappa shape index (κ1) is 12.0. The second kappa shape index (κ2) is 4.66. The van der Waals surface area contributed by atoms with Gasteiger partial charge in [-0.1, -0.05) is 5.92 Å². The fourth-order valence-electron chi connectivity index (χ4n) is 0.909. The second-order valence-electron chi connectivity index (χ2n) is 2.71. The molecule has 0 aliphatic heterocycles. The standard InChI is InChI=1S/C9H9BrN2O2S/c1-2-5-12-15(13,14)7-3-4-8(10)9(11)6-7/h1,3-4,6,12H,5,11H2. The molecule has 4 nitrogen and oxygen atoms in total. The summed E-state index contributed by atoms with van der Waals surface area (Å²) in [6.45, 7) is -0.0434. The van der Waals surface area contributed by atoms with Crippen LogP contribution in [0, 0.1) is 12.3 Å². The first-order valence-electron chi connectivity index (χ1n) is 3.95. The van der Waals surface area contributed by atoms with Gasteiger partial charge in [0.25, 0.3) is 0 Å². The van der Waals surface area contributed by atoms with Gasteiger partial charge in [-0.05, 0) is 34.1 Å². The molecular weight excluding hydrogens is 280 g/mol. The van der Waals surface area contributed by atoms with Gasteiger partial charge in [0.2, 0.25) is 10.0 Å². The Morgan fingerprint density at radius 1 is 1.53 bits per heavy atom. The van der Waals surface area contributed by atoms with E-state index in [-0.39, 0.29) is 11.4 Å². The minimum atomic E-state index is -3.56. The summed E-state index contributed by atoms with van der Waals surface area (Å²) in [6.07, 6.45) is 4.96. The summed E-state index contributed by atoms with van der Waals surface area (Å²) >= 11 is 3.18. The Hall–Kier alpha value is -1.03. The number of hydrogen-bond acceptors (Lipinski definition) is 3. The van der Waals surface area contributed by atoms with E-state index in [1.54, 1.807) is 6.07 Å². The Balaban J connectivity index is 3.07. The number of halogens is 1. The van der Waals surface area contributed by atoms with Crippen molar-refractivity contribution < 1.29 is 8.42 Å². The van der Waals surface area contributed by atoms with Crippen molar-refractivity contribution in [3.8, 4) is 12.3 Å². The van der Waals surface area contributed by atoms with Crippen molar-refractivity contribution in [2.75, 3.05) is 12.3 Å². The summed E-state index contributed by atoms with van der Waals surface area (Å²) in [7, 11) is -3.56. The molecule has 0 saturated carbocycles. The lowest BCUT2D eigenvalue weighted by Gasteiger charge is -2.05. The van der Waals surface area contributed by atoms with E-state index in [4.69, 9.17) is 12.2 Å². The zero-order chi connectivity index (χ0) is 11.5. The molecule has 3 N–H and O–H groups in total. The molecule has 1 aromatic carbocycles. The van der Waals surface area contributed by atoms with Gasteiger partial charge in [-0.3, -0.25) is 0 Å². The van der Waals surface area contributed by atoms with Crippen LogP contribution in [0.25, 0.3) is 0 Å². The maximum atomic E-state index is 11.6. The van der Waals surface area contributed by atoms with Crippen molar-refractivity contribution in [1.29, 1.82) is 0 Å². The average Bonchev–Trinajstić information content (AvgIpc) is 2.19. The maximum absolute atomic E-state index is 11.6. The number of rotatable bonds is 3. The highest BCUT2D eigenvalue weighted by Crippen LogP contribution is 2.22. The van der Waals surface area contributed by atoms with Crippen molar-refractivity contribution in [2.24, 2.45) is 0 Å². The number of nitrogens with one attached hydrogen (secondary N) is 1. The SMILES string of the molecule is C#CCNS(=O)(=O)c1ccc(Br)c(N)c1. The van der Waals surface area contributed by atoms with Crippen LogP contribution in [-0.2, 0) is 10.0 Å². The van der Waals surface area contributed by atoms with Crippen molar-refractivity contribution in [2.45, 2.75) is 4.90 Å². The molecule has 0 amide bonds. The molecule has 0 bridgehead atoms. The molecule has 0 spiro atoms. The van der Waals surface area contributed by atoms with Gasteiger partial charge < -0.3 is 5.73 Å². The third-order valence-electron chi connectivity index (χ3n) is 1.64. The molecule has 1 aromatic rings. The topological polar surface area (TPSA) is 72.2 Å². The lowest BCUT2D eigenvalue weighted by Crippen LogP contribution is -2.23. The summed E-state index contributed by atoms with van der Waals surface area (Å²) in [5.74, 6) is 2.19. The number of terminal acetylenes is 1. The minimum absolute atomic E-state index is 0.0434. The van der Waals surface area contributed by atoms with Crippen LogP contribution in [-0.4, -0.2) is 15.0 Å². The average molecular weight is 289 g/mol. The highest BCUT2D eigenvalue weighted by atomic mass is 79.9. The lowest BCUT2D eigenvalue weighted by molar-refractivity contribution is 0.586. The van der Waals surface area contributed by atoms with Gasteiger partial charge in [0.05, 0.1) is 11.4 Å². The first-order valence-corrected chi connectivity index (χ1v) is 6.23. The van der Waals surface area contributed by atoms with Gasteiger partial charge in [0, 0.05) is 10.2 Å². The summed E-state index contributed by atoms with van der Waals surface area (Å²) in [4.78, 5) is 0.0958. The number of anilines is 1. The maximum Gasteiger partial charge on any atom is 0.241 e. The van der Waals surface area contributed by atoms with E-state index in [1.807, 2.05) is 0 Å². The molecule has 0 heterocycles. The van der Waals surface area contributed by atoms with E-state index >= 15 is 0 Å². The van der Waals surface area contributed by atoms with E-state index in [0.717, 1.165) is 0 Å². The zero-order valence-electron chi connectivity index (χ0n) is 7.70. The Kier molecular flexibility index (Phi) is 3.74. The zero-order valence-corrected chi connectivity index (χ0v) is 10.1. The molecule has 15 heavy (non-hydrogen) atoms. The normalized spacial score (nSPS) is 10.9. The molecule has 0 saturated heterocycles. The number of sulfonamides is 1. The summed E-state index contributed by atoms with van der Waals surface area (Å²) in [5, 5.41) is 0. The third kappa shape index (κ3) is 2.96. The van der Waals surface area contributed by atoms with Crippen LogP contribution in [0.2, 0.25) is 0 Å². The van der Waals surface area contributed by atoms with Gasteiger partial charge in [0.15, 0.2) is 0 Å². The number of benzene rings is 1. The molecule has 80 valence electrons.